The van der Waals surface area contributed by atoms with E-state index >= 15 is 0 Å². The lowest BCUT2D eigenvalue weighted by molar-refractivity contribution is -0.132. The molecule has 2 saturated heterocycles. The number of aryl methyl sites for hydroxylation is 1. The summed E-state index contributed by atoms with van der Waals surface area (Å²) >= 11 is 0. The molecule has 1 amide bonds. The molecule has 2 aliphatic heterocycles. The van der Waals surface area contributed by atoms with Crippen LogP contribution in [0.25, 0.3) is 10.9 Å². The first-order valence-electron chi connectivity index (χ1n) is 11.7. The molecular weight excluding hydrogens is 374 g/mol. The number of hydrogen-bond acceptors (Lipinski definition) is 3. The fourth-order valence-corrected chi connectivity index (χ4v) is 5.63. The molecular formula is C25H37N3O2. The van der Waals surface area contributed by atoms with Crippen LogP contribution < -0.4 is 0 Å². The molecule has 164 valence electrons. The number of aromatic nitrogens is 1. The SMILES string of the molecule is COCCCN(C[C@@H]1CCCN2CCCC[C@H]12)C(=O)Cc1cn(C)c2ccccc12. The summed E-state index contributed by atoms with van der Waals surface area (Å²) in [6, 6.07) is 9.05. The van der Waals surface area contributed by atoms with Crippen molar-refractivity contribution in [2.45, 2.75) is 51.0 Å². The normalized spacial score (nSPS) is 22.2. The Kier molecular flexibility index (Phi) is 7.11. The van der Waals surface area contributed by atoms with Gasteiger partial charge in [-0.1, -0.05) is 24.6 Å². The van der Waals surface area contributed by atoms with Crippen molar-refractivity contribution in [1.82, 2.24) is 14.4 Å². The van der Waals surface area contributed by atoms with Gasteiger partial charge in [0, 0.05) is 57.0 Å². The zero-order valence-corrected chi connectivity index (χ0v) is 18.7. The van der Waals surface area contributed by atoms with Gasteiger partial charge in [-0.05, 0) is 62.7 Å². The number of amides is 1. The minimum absolute atomic E-state index is 0.260. The maximum absolute atomic E-state index is 13.5. The summed E-state index contributed by atoms with van der Waals surface area (Å²) in [7, 11) is 3.80. The number of ether oxygens (including phenoxy) is 1. The van der Waals surface area contributed by atoms with Gasteiger partial charge in [-0.25, -0.2) is 0 Å². The number of para-hydroxylation sites is 1. The summed E-state index contributed by atoms with van der Waals surface area (Å²) in [5.41, 5.74) is 2.33. The first-order chi connectivity index (χ1) is 14.7. The molecule has 1 aromatic carbocycles. The summed E-state index contributed by atoms with van der Waals surface area (Å²) in [6.07, 6.45) is 10.0. The molecule has 0 aliphatic carbocycles. The van der Waals surface area contributed by atoms with Gasteiger partial charge in [-0.2, -0.15) is 0 Å². The minimum Gasteiger partial charge on any atom is -0.385 e. The molecule has 0 spiro atoms. The van der Waals surface area contributed by atoms with Crippen LogP contribution in [0.1, 0.15) is 44.1 Å². The molecule has 2 atom stereocenters. The third-order valence-corrected chi connectivity index (χ3v) is 7.13. The van der Waals surface area contributed by atoms with Crippen LogP contribution in [0.15, 0.2) is 30.5 Å². The maximum Gasteiger partial charge on any atom is 0.227 e. The molecule has 0 radical (unpaired) electrons. The fourth-order valence-electron chi connectivity index (χ4n) is 5.63. The van der Waals surface area contributed by atoms with E-state index in [0.29, 0.717) is 25.0 Å². The molecule has 2 fully saturated rings. The summed E-state index contributed by atoms with van der Waals surface area (Å²) in [5, 5.41) is 1.20. The number of benzene rings is 1. The summed E-state index contributed by atoms with van der Waals surface area (Å²) in [4.78, 5) is 18.3. The lowest BCUT2D eigenvalue weighted by Gasteiger charge is -2.45. The van der Waals surface area contributed by atoms with Gasteiger partial charge in [-0.15, -0.1) is 0 Å². The molecule has 5 heteroatoms. The summed E-state index contributed by atoms with van der Waals surface area (Å²) < 4.78 is 7.41. The number of methoxy groups -OCH3 is 1. The highest BCUT2D eigenvalue weighted by molar-refractivity contribution is 5.89. The molecule has 0 N–H and O–H groups in total. The zero-order chi connectivity index (χ0) is 20.9. The molecule has 2 aromatic rings. The summed E-state index contributed by atoms with van der Waals surface area (Å²) in [5.74, 6) is 0.869. The Morgan fingerprint density at radius 3 is 2.87 bits per heavy atom. The van der Waals surface area contributed by atoms with Crippen molar-refractivity contribution in [1.29, 1.82) is 0 Å². The Hall–Kier alpha value is -1.85. The van der Waals surface area contributed by atoms with Crippen molar-refractivity contribution < 1.29 is 9.53 Å². The average Bonchev–Trinajstić information content (AvgIpc) is 3.09. The summed E-state index contributed by atoms with van der Waals surface area (Å²) in [6.45, 7) is 4.89. The topological polar surface area (TPSA) is 37.7 Å². The monoisotopic (exact) mass is 411 g/mol. The molecule has 30 heavy (non-hydrogen) atoms. The smallest absolute Gasteiger partial charge is 0.227 e. The standard InChI is InChI=1S/C25H37N3O2/c1-26-18-21(22-10-3-4-12-24(22)26)17-25(29)28(15-8-16-30-2)19-20-9-7-14-27-13-6-5-11-23(20)27/h3-4,10,12,18,20,23H,5-9,11,13-17,19H2,1-2H3/t20-,23+/m0/s1. The van der Waals surface area contributed by atoms with Gasteiger partial charge < -0.3 is 19.1 Å². The average molecular weight is 412 g/mol. The fraction of sp³-hybridized carbons (Fsp3) is 0.640. The van der Waals surface area contributed by atoms with Gasteiger partial charge in [0.1, 0.15) is 0 Å². The van der Waals surface area contributed by atoms with Crippen LogP contribution in [-0.2, 0) is 23.0 Å². The van der Waals surface area contributed by atoms with Crippen molar-refractivity contribution >= 4 is 16.8 Å². The number of hydrogen-bond donors (Lipinski definition) is 0. The van der Waals surface area contributed by atoms with E-state index in [1.807, 2.05) is 0 Å². The minimum atomic E-state index is 0.260. The third kappa shape index (κ3) is 4.73. The van der Waals surface area contributed by atoms with Crippen molar-refractivity contribution in [3.8, 4) is 0 Å². The van der Waals surface area contributed by atoms with E-state index in [-0.39, 0.29) is 5.91 Å². The van der Waals surface area contributed by atoms with Gasteiger partial charge >= 0.3 is 0 Å². The van der Waals surface area contributed by atoms with E-state index in [4.69, 9.17) is 4.74 Å². The third-order valence-electron chi connectivity index (χ3n) is 7.13. The Morgan fingerprint density at radius 2 is 2.00 bits per heavy atom. The predicted octanol–water partition coefficient (Wildman–Crippen LogP) is 3.85. The van der Waals surface area contributed by atoms with Gasteiger partial charge in [0.05, 0.1) is 6.42 Å². The zero-order valence-electron chi connectivity index (χ0n) is 18.7. The highest BCUT2D eigenvalue weighted by Gasteiger charge is 2.34. The van der Waals surface area contributed by atoms with Crippen molar-refractivity contribution in [2.75, 3.05) is 39.9 Å². The van der Waals surface area contributed by atoms with Crippen LogP contribution in [-0.4, -0.2) is 66.2 Å². The van der Waals surface area contributed by atoms with Gasteiger partial charge in [-0.3, -0.25) is 4.79 Å². The number of rotatable bonds is 8. The second-order valence-corrected chi connectivity index (χ2v) is 9.15. The van der Waals surface area contributed by atoms with E-state index in [9.17, 15) is 4.79 Å². The highest BCUT2D eigenvalue weighted by atomic mass is 16.5. The molecule has 2 aliphatic rings. The van der Waals surface area contributed by atoms with Gasteiger partial charge in [0.15, 0.2) is 0 Å². The first kappa shape index (κ1) is 21.4. The second kappa shape index (κ2) is 9.97. The number of nitrogens with zero attached hydrogens (tertiary/aromatic N) is 3. The number of carbonyl (C=O) groups is 1. The number of fused-ring (bicyclic) bond motifs is 2. The Labute approximate surface area is 181 Å². The van der Waals surface area contributed by atoms with Gasteiger partial charge in [0.25, 0.3) is 0 Å². The highest BCUT2D eigenvalue weighted by Crippen LogP contribution is 2.31. The predicted molar refractivity (Wildman–Crippen MR) is 122 cm³/mol. The number of piperidine rings is 2. The Balaban J connectivity index is 1.48. The lowest BCUT2D eigenvalue weighted by atomic mass is 9.83. The molecule has 1 aromatic heterocycles. The largest absolute Gasteiger partial charge is 0.385 e. The molecule has 4 rings (SSSR count). The quantitative estimate of drug-likeness (QED) is 0.619. The van der Waals surface area contributed by atoms with Crippen LogP contribution in [0.2, 0.25) is 0 Å². The van der Waals surface area contributed by atoms with Gasteiger partial charge in [0.2, 0.25) is 5.91 Å². The van der Waals surface area contributed by atoms with E-state index in [1.165, 1.54) is 56.1 Å². The van der Waals surface area contributed by atoms with Crippen LogP contribution in [0.5, 0.6) is 0 Å². The molecule has 3 heterocycles. The van der Waals surface area contributed by atoms with Crippen LogP contribution in [0.3, 0.4) is 0 Å². The number of carbonyl (C=O) groups excluding carboxylic acids is 1. The molecule has 5 nitrogen and oxygen atoms in total. The molecule has 0 bridgehead atoms. The van der Waals surface area contributed by atoms with E-state index in [1.54, 1.807) is 7.11 Å². The van der Waals surface area contributed by atoms with Crippen molar-refractivity contribution in [3.63, 3.8) is 0 Å². The van der Waals surface area contributed by atoms with Crippen molar-refractivity contribution in [2.24, 2.45) is 13.0 Å². The van der Waals surface area contributed by atoms with Crippen LogP contribution >= 0.6 is 0 Å². The van der Waals surface area contributed by atoms with Crippen molar-refractivity contribution in [3.05, 3.63) is 36.0 Å². The molecule has 0 unspecified atom stereocenters. The van der Waals surface area contributed by atoms with Crippen LogP contribution in [0, 0.1) is 5.92 Å². The van der Waals surface area contributed by atoms with E-state index < -0.39 is 0 Å². The first-order valence-corrected chi connectivity index (χ1v) is 11.7. The Bertz CT molecular complexity index is 844. The lowest BCUT2D eigenvalue weighted by Crippen LogP contribution is -2.52. The molecule has 0 saturated carbocycles. The second-order valence-electron chi connectivity index (χ2n) is 9.15. The van der Waals surface area contributed by atoms with E-state index in [2.05, 4.69) is 51.9 Å². The van der Waals surface area contributed by atoms with Crippen LogP contribution in [0.4, 0.5) is 0 Å². The maximum atomic E-state index is 13.5. The van der Waals surface area contributed by atoms with E-state index in [0.717, 1.165) is 25.1 Å². The Morgan fingerprint density at radius 1 is 1.17 bits per heavy atom.